The number of carbonyl (C=O) groups excluding carboxylic acids is 2. The summed E-state index contributed by atoms with van der Waals surface area (Å²) in [5, 5.41) is 6.93. The van der Waals surface area contributed by atoms with Crippen molar-refractivity contribution in [3.05, 3.63) is 94.0 Å². The molecule has 0 unspecified atom stereocenters. The van der Waals surface area contributed by atoms with Crippen LogP contribution in [-0.4, -0.2) is 11.8 Å². The minimum atomic E-state index is -0.259. The number of nitrogens with one attached hydrogen (secondary N) is 2. The smallest absolute Gasteiger partial charge is 0.225 e. The van der Waals surface area contributed by atoms with Crippen molar-refractivity contribution >= 4 is 46.4 Å². The molecule has 6 heteroatoms. The maximum Gasteiger partial charge on any atom is 0.225 e. The average Bonchev–Trinajstić information content (AvgIpc) is 2.71. The fourth-order valence-electron chi connectivity index (χ4n) is 3.08. The van der Waals surface area contributed by atoms with Crippen LogP contribution in [0.4, 0.5) is 11.4 Å². The van der Waals surface area contributed by atoms with Crippen molar-refractivity contribution in [1.29, 1.82) is 0 Å². The van der Waals surface area contributed by atoms with E-state index in [0.29, 0.717) is 21.4 Å². The lowest BCUT2D eigenvalue weighted by molar-refractivity contribution is -0.118. The van der Waals surface area contributed by atoms with E-state index < -0.39 is 0 Å². The fourth-order valence-corrected chi connectivity index (χ4v) is 3.34. The summed E-state index contributed by atoms with van der Waals surface area (Å²) in [5.74, 6) is -0.588. The Labute approximate surface area is 186 Å². The van der Waals surface area contributed by atoms with Gasteiger partial charge in [0.1, 0.15) is 0 Å². The Morgan fingerprint density at radius 2 is 1.10 bits per heavy atom. The number of anilines is 2. The highest BCUT2D eigenvalue weighted by Crippen LogP contribution is 2.26. The van der Waals surface area contributed by atoms with Crippen LogP contribution in [0.3, 0.4) is 0 Å². The second-order valence-electron chi connectivity index (χ2n) is 7.13. The van der Waals surface area contributed by atoms with Gasteiger partial charge in [0.25, 0.3) is 0 Å². The van der Waals surface area contributed by atoms with Crippen LogP contribution in [-0.2, 0) is 9.59 Å². The molecule has 0 heterocycles. The molecule has 0 aliphatic heterocycles. The first-order chi connectivity index (χ1) is 14.4. The number of halogens is 2. The third-order valence-electron chi connectivity index (χ3n) is 4.67. The number of rotatable bonds is 7. The van der Waals surface area contributed by atoms with Crippen molar-refractivity contribution in [1.82, 2.24) is 0 Å². The summed E-state index contributed by atoms with van der Waals surface area (Å²) in [6.07, 6.45) is 0.361. The highest BCUT2D eigenvalue weighted by molar-refractivity contribution is 6.31. The zero-order valence-corrected chi connectivity index (χ0v) is 18.0. The van der Waals surface area contributed by atoms with Crippen molar-refractivity contribution in [2.75, 3.05) is 10.6 Å². The van der Waals surface area contributed by atoms with Gasteiger partial charge in [-0.05, 0) is 61.0 Å². The lowest BCUT2D eigenvalue weighted by Gasteiger charge is -2.17. The van der Waals surface area contributed by atoms with E-state index in [9.17, 15) is 9.59 Å². The van der Waals surface area contributed by atoms with E-state index in [1.165, 1.54) is 0 Å². The van der Waals surface area contributed by atoms with Gasteiger partial charge < -0.3 is 10.6 Å². The van der Waals surface area contributed by atoms with Gasteiger partial charge >= 0.3 is 0 Å². The molecule has 3 aromatic carbocycles. The maximum atomic E-state index is 12.6. The molecular weight excluding hydrogens is 419 g/mol. The lowest BCUT2D eigenvalue weighted by atomic mass is 9.91. The van der Waals surface area contributed by atoms with Gasteiger partial charge in [-0.1, -0.05) is 53.0 Å². The first-order valence-corrected chi connectivity index (χ1v) is 10.3. The molecule has 0 aliphatic rings. The Morgan fingerprint density at radius 3 is 1.50 bits per heavy atom. The van der Waals surface area contributed by atoms with Gasteiger partial charge in [-0.3, -0.25) is 9.59 Å². The molecule has 3 rings (SSSR count). The summed E-state index contributed by atoms with van der Waals surface area (Å²) in [4.78, 5) is 25.3. The van der Waals surface area contributed by atoms with E-state index in [2.05, 4.69) is 10.6 Å². The standard InChI is InChI=1S/C24H22Cl2N2O2/c1-16-2-4-17(5-3-16)18(14-23(29)27-21-10-6-19(25)7-11-21)15-24(30)28-22-12-8-20(26)9-13-22/h2-13,18H,14-15H2,1H3,(H,27,29)(H,28,30). The third-order valence-corrected chi connectivity index (χ3v) is 5.17. The molecule has 154 valence electrons. The normalized spacial score (nSPS) is 10.7. The minimum Gasteiger partial charge on any atom is -0.326 e. The topological polar surface area (TPSA) is 58.2 Å². The van der Waals surface area contributed by atoms with Crippen LogP contribution in [0, 0.1) is 6.92 Å². The summed E-state index contributed by atoms with van der Waals surface area (Å²) in [6.45, 7) is 2.00. The van der Waals surface area contributed by atoms with Crippen LogP contribution < -0.4 is 10.6 Å². The first-order valence-electron chi connectivity index (χ1n) is 9.56. The molecule has 0 bridgehead atoms. The van der Waals surface area contributed by atoms with Gasteiger partial charge in [0.05, 0.1) is 0 Å². The number of hydrogen-bond acceptors (Lipinski definition) is 2. The summed E-state index contributed by atoms with van der Waals surface area (Å²) < 4.78 is 0. The van der Waals surface area contributed by atoms with Crippen LogP contribution in [0.25, 0.3) is 0 Å². The molecule has 4 nitrogen and oxygen atoms in total. The number of benzene rings is 3. The fraction of sp³-hybridized carbons (Fsp3) is 0.167. The summed E-state index contributed by atoms with van der Waals surface area (Å²) in [5.41, 5.74) is 3.39. The Balaban J connectivity index is 1.70. The molecule has 0 spiro atoms. The Morgan fingerprint density at radius 1 is 0.700 bits per heavy atom. The zero-order valence-electron chi connectivity index (χ0n) is 16.5. The van der Waals surface area contributed by atoms with E-state index >= 15 is 0 Å². The molecule has 0 radical (unpaired) electrons. The SMILES string of the molecule is Cc1ccc(C(CC(=O)Nc2ccc(Cl)cc2)CC(=O)Nc2ccc(Cl)cc2)cc1. The van der Waals surface area contributed by atoms with Crippen molar-refractivity contribution in [3.8, 4) is 0 Å². The monoisotopic (exact) mass is 440 g/mol. The predicted octanol–water partition coefficient (Wildman–Crippen LogP) is 6.44. The molecule has 0 aliphatic carbocycles. The molecule has 2 N–H and O–H groups in total. The minimum absolute atomic E-state index is 0.165. The maximum absolute atomic E-state index is 12.6. The van der Waals surface area contributed by atoms with E-state index in [4.69, 9.17) is 23.2 Å². The lowest BCUT2D eigenvalue weighted by Crippen LogP contribution is -2.20. The average molecular weight is 441 g/mol. The third kappa shape index (κ3) is 6.61. The van der Waals surface area contributed by atoms with Gasteiger partial charge in [-0.25, -0.2) is 0 Å². The van der Waals surface area contributed by atoms with Gasteiger partial charge in [-0.15, -0.1) is 0 Å². The number of hydrogen-bond donors (Lipinski definition) is 2. The molecule has 3 aromatic rings. The Bertz CT molecular complexity index is 939. The Hall–Kier alpha value is -2.82. The van der Waals surface area contributed by atoms with Crippen LogP contribution in [0.2, 0.25) is 10.0 Å². The van der Waals surface area contributed by atoms with Gasteiger partial charge in [0.2, 0.25) is 11.8 Å². The van der Waals surface area contributed by atoms with Crippen molar-refractivity contribution in [2.45, 2.75) is 25.7 Å². The van der Waals surface area contributed by atoms with Crippen molar-refractivity contribution in [3.63, 3.8) is 0 Å². The summed E-state index contributed by atoms with van der Waals surface area (Å²) >= 11 is 11.8. The first kappa shape index (κ1) is 21.9. The zero-order chi connectivity index (χ0) is 21.5. The molecule has 0 saturated heterocycles. The molecule has 0 atom stereocenters. The predicted molar refractivity (Wildman–Crippen MR) is 123 cm³/mol. The highest BCUT2D eigenvalue weighted by Gasteiger charge is 2.20. The van der Waals surface area contributed by atoms with E-state index in [-0.39, 0.29) is 30.6 Å². The largest absolute Gasteiger partial charge is 0.326 e. The van der Waals surface area contributed by atoms with Crippen LogP contribution in [0.1, 0.15) is 29.9 Å². The van der Waals surface area contributed by atoms with Crippen molar-refractivity contribution < 1.29 is 9.59 Å². The van der Waals surface area contributed by atoms with E-state index in [1.54, 1.807) is 48.5 Å². The van der Waals surface area contributed by atoms with Gasteiger partial charge in [0, 0.05) is 40.2 Å². The van der Waals surface area contributed by atoms with Crippen molar-refractivity contribution in [2.24, 2.45) is 0 Å². The van der Waals surface area contributed by atoms with Gasteiger partial charge in [0.15, 0.2) is 0 Å². The highest BCUT2D eigenvalue weighted by atomic mass is 35.5. The second kappa shape index (κ2) is 10.3. The van der Waals surface area contributed by atoms with Crippen LogP contribution in [0.15, 0.2) is 72.8 Å². The molecular formula is C24H22Cl2N2O2. The second-order valence-corrected chi connectivity index (χ2v) is 8.00. The van der Waals surface area contributed by atoms with E-state index in [0.717, 1.165) is 11.1 Å². The Kier molecular flexibility index (Phi) is 7.50. The number of aryl methyl sites for hydroxylation is 1. The number of amides is 2. The van der Waals surface area contributed by atoms with Gasteiger partial charge in [-0.2, -0.15) is 0 Å². The molecule has 0 aromatic heterocycles. The van der Waals surface area contributed by atoms with Crippen LogP contribution in [0.5, 0.6) is 0 Å². The summed E-state index contributed by atoms with van der Waals surface area (Å²) in [7, 11) is 0. The molecule has 0 fully saturated rings. The van der Waals surface area contributed by atoms with E-state index in [1.807, 2.05) is 31.2 Å². The summed E-state index contributed by atoms with van der Waals surface area (Å²) in [6, 6.07) is 21.7. The quantitative estimate of drug-likeness (QED) is 0.443. The van der Waals surface area contributed by atoms with Crippen LogP contribution >= 0.6 is 23.2 Å². The number of carbonyl (C=O) groups is 2. The molecule has 2 amide bonds. The molecule has 0 saturated carbocycles. The molecule has 30 heavy (non-hydrogen) atoms.